The minimum absolute atomic E-state index is 0.0387. The van der Waals surface area contributed by atoms with Gasteiger partial charge in [-0.3, -0.25) is 9.59 Å². The van der Waals surface area contributed by atoms with Crippen LogP contribution in [0.25, 0.3) is 0 Å². The SMILES string of the molecule is COc1cccc(OC)c1C(=O)NCCC(=O)N1CCc2ccccc2C1. The molecule has 0 bridgehead atoms. The first kappa shape index (κ1) is 18.8. The average Bonchev–Trinajstić information content (AvgIpc) is 2.72. The van der Waals surface area contributed by atoms with Crippen molar-refractivity contribution in [3.05, 3.63) is 59.2 Å². The Hall–Kier alpha value is -3.02. The van der Waals surface area contributed by atoms with Gasteiger partial charge < -0.3 is 19.7 Å². The highest BCUT2D eigenvalue weighted by atomic mass is 16.5. The van der Waals surface area contributed by atoms with Crippen LogP contribution in [-0.2, 0) is 17.8 Å². The van der Waals surface area contributed by atoms with Crippen molar-refractivity contribution in [2.24, 2.45) is 0 Å². The van der Waals surface area contributed by atoms with Crippen LogP contribution >= 0.6 is 0 Å². The van der Waals surface area contributed by atoms with Gasteiger partial charge in [-0.2, -0.15) is 0 Å². The molecule has 1 heterocycles. The Bertz CT molecular complexity index is 812. The van der Waals surface area contributed by atoms with E-state index < -0.39 is 0 Å². The number of ether oxygens (including phenoxy) is 2. The summed E-state index contributed by atoms with van der Waals surface area (Å²) in [6.45, 7) is 1.60. The Kier molecular flexibility index (Phi) is 5.96. The molecule has 6 nitrogen and oxygen atoms in total. The van der Waals surface area contributed by atoms with Gasteiger partial charge in [0.2, 0.25) is 5.91 Å². The Morgan fingerprint density at radius 3 is 2.33 bits per heavy atom. The van der Waals surface area contributed by atoms with E-state index >= 15 is 0 Å². The molecule has 2 aromatic rings. The Labute approximate surface area is 159 Å². The lowest BCUT2D eigenvalue weighted by atomic mass is 10.00. The average molecular weight is 368 g/mol. The van der Waals surface area contributed by atoms with Crippen LogP contribution in [0.5, 0.6) is 11.5 Å². The van der Waals surface area contributed by atoms with Crippen molar-refractivity contribution in [1.82, 2.24) is 10.2 Å². The second-order valence-electron chi connectivity index (χ2n) is 6.38. The van der Waals surface area contributed by atoms with E-state index in [0.29, 0.717) is 30.2 Å². The number of rotatable bonds is 6. The first-order valence-electron chi connectivity index (χ1n) is 8.97. The maximum absolute atomic E-state index is 12.5. The Balaban J connectivity index is 1.56. The summed E-state index contributed by atoms with van der Waals surface area (Å²) in [5.41, 5.74) is 2.83. The first-order valence-corrected chi connectivity index (χ1v) is 8.97. The van der Waals surface area contributed by atoms with Crippen molar-refractivity contribution in [2.45, 2.75) is 19.4 Å². The third-order valence-corrected chi connectivity index (χ3v) is 4.76. The maximum atomic E-state index is 12.5. The number of amides is 2. The van der Waals surface area contributed by atoms with Crippen LogP contribution in [0, 0.1) is 0 Å². The molecule has 2 amide bonds. The minimum Gasteiger partial charge on any atom is -0.496 e. The zero-order valence-electron chi connectivity index (χ0n) is 15.7. The maximum Gasteiger partial charge on any atom is 0.258 e. The van der Waals surface area contributed by atoms with Crippen molar-refractivity contribution in [2.75, 3.05) is 27.3 Å². The van der Waals surface area contributed by atoms with Gasteiger partial charge in [-0.1, -0.05) is 30.3 Å². The highest BCUT2D eigenvalue weighted by molar-refractivity contribution is 5.99. The fraction of sp³-hybridized carbons (Fsp3) is 0.333. The zero-order valence-corrected chi connectivity index (χ0v) is 15.7. The van der Waals surface area contributed by atoms with Crippen LogP contribution in [0.2, 0.25) is 0 Å². The smallest absolute Gasteiger partial charge is 0.258 e. The standard InChI is InChI=1S/C21H24N2O4/c1-26-17-8-5-9-18(27-2)20(17)21(25)22-12-10-19(24)23-13-11-15-6-3-4-7-16(15)14-23/h3-9H,10-14H2,1-2H3,(H,22,25). The molecule has 0 unspecified atom stereocenters. The fourth-order valence-corrected chi connectivity index (χ4v) is 3.31. The molecular weight excluding hydrogens is 344 g/mol. The van der Waals surface area contributed by atoms with Crippen LogP contribution in [0.4, 0.5) is 0 Å². The van der Waals surface area contributed by atoms with Crippen molar-refractivity contribution < 1.29 is 19.1 Å². The third-order valence-electron chi connectivity index (χ3n) is 4.76. The molecule has 1 N–H and O–H groups in total. The summed E-state index contributed by atoms with van der Waals surface area (Å²) in [6, 6.07) is 13.3. The molecule has 0 atom stereocenters. The number of hydrogen-bond donors (Lipinski definition) is 1. The monoisotopic (exact) mass is 368 g/mol. The highest BCUT2D eigenvalue weighted by Gasteiger charge is 2.21. The minimum atomic E-state index is -0.318. The quantitative estimate of drug-likeness (QED) is 0.850. The number of methoxy groups -OCH3 is 2. The fourth-order valence-electron chi connectivity index (χ4n) is 3.31. The van der Waals surface area contributed by atoms with Gasteiger partial charge in [-0.15, -0.1) is 0 Å². The van der Waals surface area contributed by atoms with E-state index in [0.717, 1.165) is 6.42 Å². The van der Waals surface area contributed by atoms with Crippen molar-refractivity contribution in [3.63, 3.8) is 0 Å². The Morgan fingerprint density at radius 2 is 1.67 bits per heavy atom. The molecule has 0 aromatic heterocycles. The number of nitrogens with zero attached hydrogens (tertiary/aromatic N) is 1. The summed E-state index contributed by atoms with van der Waals surface area (Å²) >= 11 is 0. The van der Waals surface area contributed by atoms with Crippen LogP contribution < -0.4 is 14.8 Å². The molecule has 0 fully saturated rings. The molecule has 0 saturated carbocycles. The van der Waals surface area contributed by atoms with Crippen LogP contribution in [0.1, 0.15) is 27.9 Å². The van der Waals surface area contributed by atoms with E-state index in [4.69, 9.17) is 9.47 Å². The van der Waals surface area contributed by atoms with Crippen LogP contribution in [0.15, 0.2) is 42.5 Å². The lowest BCUT2D eigenvalue weighted by Crippen LogP contribution is -2.38. The van der Waals surface area contributed by atoms with E-state index in [1.54, 1.807) is 18.2 Å². The van der Waals surface area contributed by atoms with E-state index in [1.165, 1.54) is 25.3 Å². The van der Waals surface area contributed by atoms with E-state index in [2.05, 4.69) is 17.4 Å². The topological polar surface area (TPSA) is 67.9 Å². The number of nitrogens with one attached hydrogen (secondary N) is 1. The number of carbonyl (C=O) groups is 2. The predicted molar refractivity (Wildman–Crippen MR) is 102 cm³/mol. The number of carbonyl (C=O) groups excluding carboxylic acids is 2. The van der Waals surface area contributed by atoms with E-state index in [-0.39, 0.29) is 24.8 Å². The summed E-state index contributed by atoms with van der Waals surface area (Å²) < 4.78 is 10.5. The number of benzene rings is 2. The summed E-state index contributed by atoms with van der Waals surface area (Å²) in [5, 5.41) is 2.79. The van der Waals surface area contributed by atoms with Gasteiger partial charge in [-0.25, -0.2) is 0 Å². The summed E-state index contributed by atoms with van der Waals surface area (Å²) in [7, 11) is 3.01. The van der Waals surface area contributed by atoms with Crippen molar-refractivity contribution in [1.29, 1.82) is 0 Å². The van der Waals surface area contributed by atoms with Gasteiger partial charge in [-0.05, 0) is 29.7 Å². The normalized spacial score (nSPS) is 12.9. The largest absolute Gasteiger partial charge is 0.496 e. The van der Waals surface area contributed by atoms with E-state index in [1.807, 2.05) is 17.0 Å². The summed E-state index contributed by atoms with van der Waals surface area (Å²) in [4.78, 5) is 26.9. The third kappa shape index (κ3) is 4.22. The van der Waals surface area contributed by atoms with Gasteiger partial charge in [0.05, 0.1) is 14.2 Å². The van der Waals surface area contributed by atoms with Crippen LogP contribution in [-0.4, -0.2) is 44.0 Å². The number of fused-ring (bicyclic) bond motifs is 1. The van der Waals surface area contributed by atoms with Crippen molar-refractivity contribution in [3.8, 4) is 11.5 Å². The lowest BCUT2D eigenvalue weighted by molar-refractivity contribution is -0.131. The summed E-state index contributed by atoms with van der Waals surface area (Å²) in [6.07, 6.45) is 1.12. The lowest BCUT2D eigenvalue weighted by Gasteiger charge is -2.29. The molecule has 2 aromatic carbocycles. The highest BCUT2D eigenvalue weighted by Crippen LogP contribution is 2.28. The van der Waals surface area contributed by atoms with E-state index in [9.17, 15) is 9.59 Å². The number of hydrogen-bond acceptors (Lipinski definition) is 4. The molecule has 6 heteroatoms. The molecule has 1 aliphatic rings. The molecule has 0 saturated heterocycles. The van der Waals surface area contributed by atoms with Gasteiger partial charge in [0.1, 0.15) is 17.1 Å². The molecule has 1 aliphatic heterocycles. The molecule has 0 aliphatic carbocycles. The first-order chi connectivity index (χ1) is 13.1. The molecule has 0 radical (unpaired) electrons. The molecule has 0 spiro atoms. The Morgan fingerprint density at radius 1 is 1.00 bits per heavy atom. The van der Waals surface area contributed by atoms with Gasteiger partial charge in [0.25, 0.3) is 5.91 Å². The second kappa shape index (κ2) is 8.58. The summed E-state index contributed by atoms with van der Waals surface area (Å²) in [5.74, 6) is 0.592. The van der Waals surface area contributed by atoms with Gasteiger partial charge in [0.15, 0.2) is 0 Å². The molecular formula is C21H24N2O4. The van der Waals surface area contributed by atoms with Crippen LogP contribution in [0.3, 0.4) is 0 Å². The predicted octanol–water partition coefficient (Wildman–Crippen LogP) is 2.41. The van der Waals surface area contributed by atoms with Gasteiger partial charge >= 0.3 is 0 Å². The zero-order chi connectivity index (χ0) is 19.2. The van der Waals surface area contributed by atoms with Crippen molar-refractivity contribution >= 4 is 11.8 Å². The molecule has 142 valence electrons. The van der Waals surface area contributed by atoms with Gasteiger partial charge in [0, 0.05) is 26.1 Å². The molecule has 3 rings (SSSR count). The second-order valence-corrected chi connectivity index (χ2v) is 6.38. The molecule has 27 heavy (non-hydrogen) atoms.